The van der Waals surface area contributed by atoms with E-state index in [1.54, 1.807) is 12.1 Å². The van der Waals surface area contributed by atoms with E-state index in [2.05, 4.69) is 0 Å². The minimum absolute atomic E-state index is 0.0802. The van der Waals surface area contributed by atoms with Crippen molar-refractivity contribution >= 4 is 5.78 Å². The highest BCUT2D eigenvalue weighted by molar-refractivity contribution is 5.95. The van der Waals surface area contributed by atoms with Crippen LogP contribution in [0.2, 0.25) is 0 Å². The van der Waals surface area contributed by atoms with Gasteiger partial charge >= 0.3 is 0 Å². The first kappa shape index (κ1) is 20.0. The minimum Gasteiger partial charge on any atom is -0.394 e. The van der Waals surface area contributed by atoms with Gasteiger partial charge in [-0.1, -0.05) is 31.2 Å². The number of carbonyl (C=O) groups is 1. The number of rotatable bonds is 7. The molecule has 1 aliphatic heterocycles. The predicted molar refractivity (Wildman–Crippen MR) is 89.1 cm³/mol. The van der Waals surface area contributed by atoms with Crippen LogP contribution in [0.5, 0.6) is 0 Å². The summed E-state index contributed by atoms with van der Waals surface area (Å²) in [5, 5.41) is 39.0. The Kier molecular flexibility index (Phi) is 6.67. The van der Waals surface area contributed by atoms with Gasteiger partial charge < -0.3 is 29.9 Å². The molecule has 0 unspecified atom stereocenters. The maximum absolute atomic E-state index is 11.6. The predicted octanol–water partition coefficient (Wildman–Crippen LogP) is 0.0284. The molecule has 5 atom stereocenters. The van der Waals surface area contributed by atoms with Crippen molar-refractivity contribution in [2.24, 2.45) is 0 Å². The molecular weight excluding hydrogens is 328 g/mol. The lowest BCUT2D eigenvalue weighted by molar-refractivity contribution is -0.356. The first-order valence-electron chi connectivity index (χ1n) is 8.41. The number of Topliss-reactive ketones (excluding diaryl/α,β-unsaturated/α-hetero) is 1. The molecule has 0 spiro atoms. The molecule has 7 heteroatoms. The molecule has 0 saturated carbocycles. The van der Waals surface area contributed by atoms with Crippen LogP contribution in [0.1, 0.15) is 36.2 Å². The zero-order chi connectivity index (χ0) is 18.6. The zero-order valence-electron chi connectivity index (χ0n) is 14.5. The molecule has 0 aromatic heterocycles. The van der Waals surface area contributed by atoms with Gasteiger partial charge in [-0.05, 0) is 18.9 Å². The summed E-state index contributed by atoms with van der Waals surface area (Å²) < 4.78 is 11.1. The Bertz CT molecular complexity index is 571. The molecule has 1 fully saturated rings. The Morgan fingerprint density at radius 3 is 2.40 bits per heavy atom. The van der Waals surface area contributed by atoms with E-state index in [4.69, 9.17) is 9.47 Å². The van der Waals surface area contributed by atoms with Crippen LogP contribution in [0.15, 0.2) is 24.3 Å². The van der Waals surface area contributed by atoms with Crippen LogP contribution in [-0.4, -0.2) is 69.6 Å². The molecular formula is C18H26O7. The fourth-order valence-corrected chi connectivity index (χ4v) is 2.85. The number of ketones is 1. The number of carbonyl (C=O) groups excluding carboxylic acids is 1. The first-order chi connectivity index (χ1) is 11.8. The summed E-state index contributed by atoms with van der Waals surface area (Å²) in [6.45, 7) is 2.95. The number of benzene rings is 1. The molecule has 0 radical (unpaired) electrons. The molecule has 1 saturated heterocycles. The van der Waals surface area contributed by atoms with E-state index in [1.165, 1.54) is 6.92 Å². The van der Waals surface area contributed by atoms with Crippen LogP contribution < -0.4 is 0 Å². The maximum Gasteiger partial charge on any atom is 0.194 e. The second-order valence-electron chi connectivity index (χ2n) is 6.35. The number of hydrogen-bond acceptors (Lipinski definition) is 7. The van der Waals surface area contributed by atoms with Crippen molar-refractivity contribution < 1.29 is 34.7 Å². The van der Waals surface area contributed by atoms with Gasteiger partial charge in [0.25, 0.3) is 0 Å². The zero-order valence-corrected chi connectivity index (χ0v) is 14.5. The van der Waals surface area contributed by atoms with Crippen LogP contribution in [0, 0.1) is 0 Å². The summed E-state index contributed by atoms with van der Waals surface area (Å²) in [5.74, 6) is -1.46. The molecule has 2 rings (SSSR count). The highest BCUT2D eigenvalue weighted by Crippen LogP contribution is 2.31. The van der Waals surface area contributed by atoms with Crippen molar-refractivity contribution in [3.05, 3.63) is 35.4 Å². The van der Waals surface area contributed by atoms with E-state index < -0.39 is 36.8 Å². The summed E-state index contributed by atoms with van der Waals surface area (Å²) in [6.07, 6.45) is -4.39. The molecule has 7 nitrogen and oxygen atoms in total. The number of aliphatic hydroxyl groups excluding tert-OH is 4. The minimum atomic E-state index is -1.54. The first-order valence-corrected chi connectivity index (χ1v) is 8.41. The largest absolute Gasteiger partial charge is 0.394 e. The van der Waals surface area contributed by atoms with E-state index in [1.807, 2.05) is 19.1 Å². The van der Waals surface area contributed by atoms with Gasteiger partial charge in [0.2, 0.25) is 0 Å². The van der Waals surface area contributed by atoms with Gasteiger partial charge in [-0.2, -0.15) is 0 Å². The van der Waals surface area contributed by atoms with Gasteiger partial charge in [0.1, 0.15) is 24.4 Å². The van der Waals surface area contributed by atoms with Crippen LogP contribution >= 0.6 is 0 Å². The maximum atomic E-state index is 11.6. The Balaban J connectivity index is 1.94. The summed E-state index contributed by atoms with van der Waals surface area (Å²) in [4.78, 5) is 11.6. The fraction of sp³-hybridized carbons (Fsp3) is 0.611. The molecule has 4 N–H and O–H groups in total. The lowest BCUT2D eigenvalue weighted by Crippen LogP contribution is -2.65. The van der Waals surface area contributed by atoms with Gasteiger partial charge in [-0.15, -0.1) is 0 Å². The average molecular weight is 354 g/mol. The molecule has 0 bridgehead atoms. The van der Waals surface area contributed by atoms with Crippen molar-refractivity contribution in [3.8, 4) is 0 Å². The Morgan fingerprint density at radius 2 is 1.84 bits per heavy atom. The lowest BCUT2D eigenvalue weighted by Gasteiger charge is -2.46. The standard InChI is InChI=1S/C18H26O7/c1-3-13(20)12-6-4-11(5-7-12)8-9-24-18(2)17(23)16(22)15(21)14(10-19)25-18/h4-7,14-17,19,21-23H,3,8-10H2,1-2H3/t14-,15-,16+,17+,18+/m1/s1. The lowest BCUT2D eigenvalue weighted by atomic mass is 9.93. The van der Waals surface area contributed by atoms with E-state index in [0.717, 1.165) is 5.56 Å². The van der Waals surface area contributed by atoms with Crippen LogP contribution in [0.4, 0.5) is 0 Å². The van der Waals surface area contributed by atoms with E-state index in [0.29, 0.717) is 18.4 Å². The number of hydrogen-bond donors (Lipinski definition) is 4. The molecule has 140 valence electrons. The highest BCUT2D eigenvalue weighted by Gasteiger charge is 2.51. The van der Waals surface area contributed by atoms with Gasteiger partial charge in [-0.25, -0.2) is 0 Å². The Labute approximate surface area is 146 Å². The second kappa shape index (κ2) is 8.35. The molecule has 1 aromatic rings. The highest BCUT2D eigenvalue weighted by atomic mass is 16.7. The van der Waals surface area contributed by atoms with Crippen molar-refractivity contribution in [1.29, 1.82) is 0 Å². The van der Waals surface area contributed by atoms with Crippen molar-refractivity contribution in [2.75, 3.05) is 13.2 Å². The van der Waals surface area contributed by atoms with Crippen LogP contribution in [0.25, 0.3) is 0 Å². The molecule has 1 heterocycles. The van der Waals surface area contributed by atoms with Gasteiger partial charge in [0.05, 0.1) is 13.2 Å². The van der Waals surface area contributed by atoms with Gasteiger partial charge in [-0.3, -0.25) is 4.79 Å². The Hall–Kier alpha value is -1.35. The summed E-state index contributed by atoms with van der Waals surface area (Å²) >= 11 is 0. The fourth-order valence-electron chi connectivity index (χ4n) is 2.85. The average Bonchev–Trinajstić information content (AvgIpc) is 2.63. The third-order valence-electron chi connectivity index (χ3n) is 4.53. The summed E-state index contributed by atoms with van der Waals surface area (Å²) in [7, 11) is 0. The SMILES string of the molecule is CCC(=O)c1ccc(CCO[C@@]2(C)O[C@H](CO)[C@@H](O)[C@H](O)[C@@H]2O)cc1. The van der Waals surface area contributed by atoms with E-state index in [9.17, 15) is 25.2 Å². The topological polar surface area (TPSA) is 116 Å². The number of aliphatic hydroxyl groups is 4. The third-order valence-corrected chi connectivity index (χ3v) is 4.53. The van der Waals surface area contributed by atoms with E-state index in [-0.39, 0.29) is 12.4 Å². The third kappa shape index (κ3) is 4.44. The normalized spacial score (nSPS) is 32.6. The van der Waals surface area contributed by atoms with Crippen LogP contribution in [-0.2, 0) is 15.9 Å². The summed E-state index contributed by atoms with van der Waals surface area (Å²) in [6, 6.07) is 7.19. The second-order valence-corrected chi connectivity index (χ2v) is 6.35. The number of ether oxygens (including phenoxy) is 2. The van der Waals surface area contributed by atoms with Crippen LogP contribution in [0.3, 0.4) is 0 Å². The molecule has 1 aliphatic rings. The van der Waals surface area contributed by atoms with Crippen molar-refractivity contribution in [1.82, 2.24) is 0 Å². The van der Waals surface area contributed by atoms with Gasteiger partial charge in [0.15, 0.2) is 11.6 Å². The van der Waals surface area contributed by atoms with Crippen molar-refractivity contribution in [3.63, 3.8) is 0 Å². The molecule has 0 amide bonds. The summed E-state index contributed by atoms with van der Waals surface area (Å²) in [5.41, 5.74) is 1.61. The van der Waals surface area contributed by atoms with Gasteiger partial charge in [0, 0.05) is 12.0 Å². The molecule has 25 heavy (non-hydrogen) atoms. The Morgan fingerprint density at radius 1 is 1.20 bits per heavy atom. The smallest absolute Gasteiger partial charge is 0.194 e. The quantitative estimate of drug-likeness (QED) is 0.510. The molecule has 1 aromatic carbocycles. The monoisotopic (exact) mass is 354 g/mol. The van der Waals surface area contributed by atoms with E-state index >= 15 is 0 Å². The van der Waals surface area contributed by atoms with Crippen molar-refractivity contribution in [2.45, 2.75) is 56.9 Å². The molecule has 0 aliphatic carbocycles.